The SMILES string of the molecule is O=Cc1c(O)cccc1OC[C@@H]1CCCN1Cc1cccnc1. The molecule has 0 unspecified atom stereocenters. The lowest BCUT2D eigenvalue weighted by molar-refractivity contribution is 0.111. The normalized spacial score (nSPS) is 18.0. The number of hydrogen-bond donors (Lipinski definition) is 1. The Morgan fingerprint density at radius 2 is 2.26 bits per heavy atom. The molecule has 1 N–H and O–H groups in total. The monoisotopic (exact) mass is 312 g/mol. The summed E-state index contributed by atoms with van der Waals surface area (Å²) < 4.78 is 5.81. The number of aromatic hydroxyl groups is 1. The third kappa shape index (κ3) is 3.68. The Hall–Kier alpha value is -2.40. The Bertz CT molecular complexity index is 661. The van der Waals surface area contributed by atoms with Crippen molar-refractivity contribution in [3.8, 4) is 11.5 Å². The summed E-state index contributed by atoms with van der Waals surface area (Å²) in [4.78, 5) is 17.6. The van der Waals surface area contributed by atoms with Gasteiger partial charge in [0.05, 0.1) is 5.56 Å². The third-order valence-corrected chi connectivity index (χ3v) is 4.20. The fourth-order valence-electron chi connectivity index (χ4n) is 2.98. The van der Waals surface area contributed by atoms with Gasteiger partial charge in [-0.05, 0) is 43.1 Å². The van der Waals surface area contributed by atoms with Crippen LogP contribution in [-0.2, 0) is 6.54 Å². The van der Waals surface area contributed by atoms with Crippen molar-refractivity contribution in [2.75, 3.05) is 13.2 Å². The van der Waals surface area contributed by atoms with Gasteiger partial charge in [0.2, 0.25) is 0 Å². The lowest BCUT2D eigenvalue weighted by atomic mass is 10.2. The molecule has 0 amide bonds. The number of phenols is 1. The fourth-order valence-corrected chi connectivity index (χ4v) is 2.98. The van der Waals surface area contributed by atoms with Crippen LogP contribution in [0.15, 0.2) is 42.7 Å². The number of aromatic nitrogens is 1. The van der Waals surface area contributed by atoms with E-state index in [0.29, 0.717) is 24.7 Å². The molecule has 5 heteroatoms. The first-order chi connectivity index (χ1) is 11.3. The van der Waals surface area contributed by atoms with Gasteiger partial charge in [-0.25, -0.2) is 0 Å². The van der Waals surface area contributed by atoms with E-state index >= 15 is 0 Å². The van der Waals surface area contributed by atoms with Crippen LogP contribution < -0.4 is 4.74 Å². The zero-order valence-corrected chi connectivity index (χ0v) is 12.9. The van der Waals surface area contributed by atoms with Crippen molar-refractivity contribution in [2.45, 2.75) is 25.4 Å². The van der Waals surface area contributed by atoms with Crippen LogP contribution in [0, 0.1) is 0 Å². The number of rotatable bonds is 6. The van der Waals surface area contributed by atoms with Gasteiger partial charge < -0.3 is 9.84 Å². The van der Waals surface area contributed by atoms with Gasteiger partial charge in [-0.3, -0.25) is 14.7 Å². The maximum atomic E-state index is 11.1. The molecule has 3 rings (SSSR count). The number of carbonyl (C=O) groups is 1. The minimum atomic E-state index is -0.0452. The number of hydrogen-bond acceptors (Lipinski definition) is 5. The molecule has 1 saturated heterocycles. The van der Waals surface area contributed by atoms with E-state index in [1.807, 2.05) is 12.3 Å². The fraction of sp³-hybridized carbons (Fsp3) is 0.333. The molecule has 1 atom stereocenters. The molecule has 1 aromatic carbocycles. The molecule has 1 aliphatic rings. The molecule has 0 aliphatic carbocycles. The Morgan fingerprint density at radius 1 is 1.35 bits per heavy atom. The molecule has 2 aromatic rings. The van der Waals surface area contributed by atoms with Crippen LogP contribution in [0.4, 0.5) is 0 Å². The van der Waals surface area contributed by atoms with Crippen LogP contribution in [0.5, 0.6) is 11.5 Å². The van der Waals surface area contributed by atoms with Crippen molar-refractivity contribution in [1.29, 1.82) is 0 Å². The number of likely N-dealkylation sites (tertiary alicyclic amines) is 1. The van der Waals surface area contributed by atoms with E-state index in [1.54, 1.807) is 18.3 Å². The smallest absolute Gasteiger partial charge is 0.157 e. The van der Waals surface area contributed by atoms with E-state index in [2.05, 4.69) is 16.0 Å². The van der Waals surface area contributed by atoms with Gasteiger partial charge in [0.15, 0.2) is 6.29 Å². The summed E-state index contributed by atoms with van der Waals surface area (Å²) in [5, 5.41) is 9.70. The molecule has 2 heterocycles. The predicted octanol–water partition coefficient (Wildman–Crippen LogP) is 2.64. The largest absolute Gasteiger partial charge is 0.507 e. The molecule has 0 saturated carbocycles. The molecule has 5 nitrogen and oxygen atoms in total. The van der Waals surface area contributed by atoms with Crippen LogP contribution >= 0.6 is 0 Å². The Kier molecular flexibility index (Phi) is 4.88. The second kappa shape index (κ2) is 7.24. The van der Waals surface area contributed by atoms with E-state index in [1.165, 1.54) is 11.6 Å². The summed E-state index contributed by atoms with van der Waals surface area (Å²) in [6.07, 6.45) is 6.49. The number of ether oxygens (including phenoxy) is 1. The van der Waals surface area contributed by atoms with Gasteiger partial charge in [0.1, 0.15) is 18.1 Å². The predicted molar refractivity (Wildman–Crippen MR) is 86.7 cm³/mol. The van der Waals surface area contributed by atoms with Gasteiger partial charge in [-0.15, -0.1) is 0 Å². The number of aldehydes is 1. The van der Waals surface area contributed by atoms with E-state index in [0.717, 1.165) is 25.9 Å². The van der Waals surface area contributed by atoms with E-state index in [4.69, 9.17) is 4.74 Å². The first-order valence-corrected chi connectivity index (χ1v) is 7.81. The van der Waals surface area contributed by atoms with Crippen molar-refractivity contribution in [1.82, 2.24) is 9.88 Å². The zero-order chi connectivity index (χ0) is 16.1. The second-order valence-corrected chi connectivity index (χ2v) is 5.75. The summed E-state index contributed by atoms with van der Waals surface area (Å²) in [6.45, 7) is 2.39. The summed E-state index contributed by atoms with van der Waals surface area (Å²) >= 11 is 0. The van der Waals surface area contributed by atoms with E-state index in [-0.39, 0.29) is 11.3 Å². The first kappa shape index (κ1) is 15.5. The number of pyridine rings is 1. The molecular weight excluding hydrogens is 292 g/mol. The highest BCUT2D eigenvalue weighted by atomic mass is 16.5. The molecule has 0 spiro atoms. The highest BCUT2D eigenvalue weighted by Crippen LogP contribution is 2.27. The minimum absolute atomic E-state index is 0.0452. The topological polar surface area (TPSA) is 62.7 Å². The van der Waals surface area contributed by atoms with Gasteiger partial charge in [0.25, 0.3) is 0 Å². The molecule has 23 heavy (non-hydrogen) atoms. The maximum Gasteiger partial charge on any atom is 0.157 e. The van der Waals surface area contributed by atoms with Crippen LogP contribution in [0.1, 0.15) is 28.8 Å². The standard InChI is InChI=1S/C18H20N2O3/c21-12-16-17(22)6-1-7-18(16)23-13-15-5-3-9-20(15)11-14-4-2-8-19-10-14/h1-2,4,6-8,10,12,15,22H,3,5,9,11,13H2/t15-/m0/s1. The molecule has 0 bridgehead atoms. The lowest BCUT2D eigenvalue weighted by Gasteiger charge is -2.24. The lowest BCUT2D eigenvalue weighted by Crippen LogP contribution is -2.33. The van der Waals surface area contributed by atoms with E-state index in [9.17, 15) is 9.90 Å². The highest BCUT2D eigenvalue weighted by molar-refractivity contribution is 5.83. The summed E-state index contributed by atoms with van der Waals surface area (Å²) in [7, 11) is 0. The number of phenolic OH excluding ortho intramolecular Hbond substituents is 1. The molecule has 0 radical (unpaired) electrons. The number of carbonyl (C=O) groups excluding carboxylic acids is 1. The van der Waals surface area contributed by atoms with Crippen LogP contribution in [0.3, 0.4) is 0 Å². The van der Waals surface area contributed by atoms with Crippen molar-refractivity contribution >= 4 is 6.29 Å². The van der Waals surface area contributed by atoms with Crippen molar-refractivity contribution < 1.29 is 14.6 Å². The molecule has 1 fully saturated rings. The van der Waals surface area contributed by atoms with Crippen molar-refractivity contribution in [2.24, 2.45) is 0 Å². The Balaban J connectivity index is 1.63. The van der Waals surface area contributed by atoms with Crippen LogP contribution in [-0.4, -0.2) is 40.5 Å². The third-order valence-electron chi connectivity index (χ3n) is 4.20. The Morgan fingerprint density at radius 3 is 3.04 bits per heavy atom. The second-order valence-electron chi connectivity index (χ2n) is 5.75. The Labute approximate surface area is 135 Å². The molecule has 1 aromatic heterocycles. The summed E-state index contributed by atoms with van der Waals surface area (Å²) in [6, 6.07) is 9.20. The van der Waals surface area contributed by atoms with E-state index < -0.39 is 0 Å². The van der Waals surface area contributed by atoms with Crippen molar-refractivity contribution in [3.63, 3.8) is 0 Å². The number of nitrogens with zero attached hydrogens (tertiary/aromatic N) is 2. The molecule has 1 aliphatic heterocycles. The summed E-state index contributed by atoms with van der Waals surface area (Å²) in [5.41, 5.74) is 1.40. The molecular formula is C18H20N2O3. The van der Waals surface area contributed by atoms with Gasteiger partial charge in [-0.2, -0.15) is 0 Å². The first-order valence-electron chi connectivity index (χ1n) is 7.81. The van der Waals surface area contributed by atoms with Crippen molar-refractivity contribution in [3.05, 3.63) is 53.9 Å². The number of benzene rings is 1. The van der Waals surface area contributed by atoms with Crippen LogP contribution in [0.25, 0.3) is 0 Å². The highest BCUT2D eigenvalue weighted by Gasteiger charge is 2.25. The van der Waals surface area contributed by atoms with Crippen LogP contribution in [0.2, 0.25) is 0 Å². The zero-order valence-electron chi connectivity index (χ0n) is 12.9. The van der Waals surface area contributed by atoms with Gasteiger partial charge in [0, 0.05) is 25.0 Å². The quantitative estimate of drug-likeness (QED) is 0.831. The maximum absolute atomic E-state index is 11.1. The summed E-state index contributed by atoms with van der Waals surface area (Å²) in [5.74, 6) is 0.393. The minimum Gasteiger partial charge on any atom is -0.507 e. The van der Waals surface area contributed by atoms with Gasteiger partial charge >= 0.3 is 0 Å². The average molecular weight is 312 g/mol. The molecule has 120 valence electrons. The average Bonchev–Trinajstić information content (AvgIpc) is 3.01. The van der Waals surface area contributed by atoms with Gasteiger partial charge in [-0.1, -0.05) is 12.1 Å².